The van der Waals surface area contributed by atoms with Crippen LogP contribution in [0.3, 0.4) is 0 Å². The predicted octanol–water partition coefficient (Wildman–Crippen LogP) is 3.23. The first kappa shape index (κ1) is 12.5. The van der Waals surface area contributed by atoms with E-state index >= 15 is 0 Å². The molecule has 0 saturated carbocycles. The van der Waals surface area contributed by atoms with Crippen molar-refractivity contribution in [3.05, 3.63) is 34.2 Å². The molecule has 0 bridgehead atoms. The summed E-state index contributed by atoms with van der Waals surface area (Å²) >= 11 is 6.11. The Bertz CT molecular complexity index is 640. The van der Waals surface area contributed by atoms with Gasteiger partial charge in [-0.2, -0.15) is 5.26 Å². The van der Waals surface area contributed by atoms with E-state index in [1.165, 1.54) is 0 Å². The second kappa shape index (κ2) is 4.71. The summed E-state index contributed by atoms with van der Waals surface area (Å²) in [5.74, 6) is 1.32. The molecule has 92 valence electrons. The molecular formula is C13H12ClN3O. The lowest BCUT2D eigenvalue weighted by Gasteiger charge is -2.09. The standard InChI is InChI=1S/C13H12ClN3O/c1-7-4-12(18-3)10(14)5-9(7)13-11(6-15)16-8(2)17-13/h4-5H,1-3H3,(H,16,17). The molecule has 0 fully saturated rings. The number of imidazole rings is 1. The van der Waals surface area contributed by atoms with E-state index in [1.54, 1.807) is 13.2 Å². The molecule has 0 unspecified atom stereocenters. The van der Waals surface area contributed by atoms with Gasteiger partial charge in [-0.3, -0.25) is 0 Å². The lowest BCUT2D eigenvalue weighted by Crippen LogP contribution is -1.91. The predicted molar refractivity (Wildman–Crippen MR) is 69.8 cm³/mol. The molecule has 4 nitrogen and oxygen atoms in total. The van der Waals surface area contributed by atoms with Gasteiger partial charge in [-0.15, -0.1) is 0 Å². The maximum absolute atomic E-state index is 9.06. The van der Waals surface area contributed by atoms with E-state index in [4.69, 9.17) is 21.6 Å². The summed E-state index contributed by atoms with van der Waals surface area (Å²) in [5.41, 5.74) is 2.89. The molecular weight excluding hydrogens is 250 g/mol. The number of H-pyrrole nitrogens is 1. The number of aromatic amines is 1. The molecule has 0 amide bonds. The van der Waals surface area contributed by atoms with Gasteiger partial charge in [-0.25, -0.2) is 4.98 Å². The van der Waals surface area contributed by atoms with Gasteiger partial charge >= 0.3 is 0 Å². The van der Waals surface area contributed by atoms with Crippen LogP contribution in [0.5, 0.6) is 5.75 Å². The van der Waals surface area contributed by atoms with Gasteiger partial charge in [0, 0.05) is 5.56 Å². The summed E-state index contributed by atoms with van der Waals surface area (Å²) in [6.07, 6.45) is 0. The first-order valence-electron chi connectivity index (χ1n) is 5.38. The topological polar surface area (TPSA) is 61.7 Å². The van der Waals surface area contributed by atoms with Crippen LogP contribution in [0.1, 0.15) is 17.1 Å². The molecule has 5 heteroatoms. The minimum absolute atomic E-state index is 0.372. The smallest absolute Gasteiger partial charge is 0.166 e. The summed E-state index contributed by atoms with van der Waals surface area (Å²) in [4.78, 5) is 7.21. The average Bonchev–Trinajstić information content (AvgIpc) is 2.72. The lowest BCUT2D eigenvalue weighted by molar-refractivity contribution is 0.415. The van der Waals surface area contributed by atoms with E-state index in [2.05, 4.69) is 16.0 Å². The van der Waals surface area contributed by atoms with E-state index in [0.717, 1.165) is 11.1 Å². The third-order valence-electron chi connectivity index (χ3n) is 2.70. The molecule has 2 rings (SSSR count). The van der Waals surface area contributed by atoms with Gasteiger partial charge in [0.15, 0.2) is 5.69 Å². The Morgan fingerprint density at radius 3 is 2.72 bits per heavy atom. The number of aromatic nitrogens is 2. The molecule has 1 N–H and O–H groups in total. The quantitative estimate of drug-likeness (QED) is 0.903. The average molecular weight is 262 g/mol. The van der Waals surface area contributed by atoms with Gasteiger partial charge in [0.1, 0.15) is 17.6 Å². The van der Waals surface area contributed by atoms with Crippen LogP contribution in [0, 0.1) is 25.2 Å². The number of benzene rings is 1. The van der Waals surface area contributed by atoms with Crippen molar-refractivity contribution in [1.29, 1.82) is 5.26 Å². The molecule has 1 aromatic heterocycles. The van der Waals surface area contributed by atoms with Crippen LogP contribution < -0.4 is 4.74 Å². The Kier molecular flexibility index (Phi) is 3.26. The molecule has 1 heterocycles. The highest BCUT2D eigenvalue weighted by Gasteiger charge is 2.14. The van der Waals surface area contributed by atoms with Crippen LogP contribution in [-0.4, -0.2) is 17.1 Å². The number of rotatable bonds is 2. The van der Waals surface area contributed by atoms with Crippen molar-refractivity contribution >= 4 is 11.6 Å². The Hall–Kier alpha value is -1.99. The van der Waals surface area contributed by atoms with Crippen molar-refractivity contribution in [2.24, 2.45) is 0 Å². The maximum atomic E-state index is 9.06. The van der Waals surface area contributed by atoms with Crippen LogP contribution in [0.4, 0.5) is 0 Å². The highest BCUT2D eigenvalue weighted by Crippen LogP contribution is 2.33. The zero-order valence-corrected chi connectivity index (χ0v) is 11.1. The van der Waals surface area contributed by atoms with Crippen LogP contribution in [0.2, 0.25) is 5.02 Å². The van der Waals surface area contributed by atoms with Crippen molar-refractivity contribution in [2.45, 2.75) is 13.8 Å². The van der Waals surface area contributed by atoms with Crippen LogP contribution in [0.25, 0.3) is 11.3 Å². The zero-order chi connectivity index (χ0) is 13.3. The van der Waals surface area contributed by atoms with Crippen molar-refractivity contribution in [2.75, 3.05) is 7.11 Å². The van der Waals surface area contributed by atoms with Gasteiger partial charge in [0.05, 0.1) is 17.8 Å². The Labute approximate surface area is 110 Å². The van der Waals surface area contributed by atoms with Crippen molar-refractivity contribution in [1.82, 2.24) is 9.97 Å². The van der Waals surface area contributed by atoms with Gasteiger partial charge in [0.2, 0.25) is 0 Å². The molecule has 0 atom stereocenters. The first-order chi connectivity index (χ1) is 8.56. The monoisotopic (exact) mass is 261 g/mol. The van der Waals surface area contributed by atoms with E-state index < -0.39 is 0 Å². The summed E-state index contributed by atoms with van der Waals surface area (Å²) in [7, 11) is 1.57. The normalized spacial score (nSPS) is 10.2. The number of aryl methyl sites for hydroxylation is 2. The number of nitrogens with one attached hydrogen (secondary N) is 1. The van der Waals surface area contributed by atoms with Crippen molar-refractivity contribution < 1.29 is 4.74 Å². The number of halogens is 1. The Morgan fingerprint density at radius 1 is 1.39 bits per heavy atom. The van der Waals surface area contributed by atoms with Crippen LogP contribution >= 0.6 is 11.6 Å². The van der Waals surface area contributed by atoms with E-state index in [9.17, 15) is 0 Å². The fraction of sp³-hybridized carbons (Fsp3) is 0.231. The van der Waals surface area contributed by atoms with E-state index in [1.807, 2.05) is 19.9 Å². The van der Waals surface area contributed by atoms with Crippen LogP contribution in [-0.2, 0) is 0 Å². The molecule has 0 aliphatic carbocycles. The number of nitrogens with zero attached hydrogens (tertiary/aromatic N) is 2. The molecule has 0 radical (unpaired) electrons. The summed E-state index contributed by atoms with van der Waals surface area (Å²) < 4.78 is 5.16. The van der Waals surface area contributed by atoms with Gasteiger partial charge < -0.3 is 9.72 Å². The fourth-order valence-electron chi connectivity index (χ4n) is 1.85. The summed E-state index contributed by atoms with van der Waals surface area (Å²) in [6, 6.07) is 5.70. The molecule has 18 heavy (non-hydrogen) atoms. The zero-order valence-electron chi connectivity index (χ0n) is 10.3. The van der Waals surface area contributed by atoms with Crippen molar-refractivity contribution in [3.63, 3.8) is 0 Å². The minimum Gasteiger partial charge on any atom is -0.495 e. The van der Waals surface area contributed by atoms with Gasteiger partial charge in [-0.1, -0.05) is 11.6 Å². The maximum Gasteiger partial charge on any atom is 0.166 e. The van der Waals surface area contributed by atoms with Gasteiger partial charge in [0.25, 0.3) is 0 Å². The summed E-state index contributed by atoms with van der Waals surface area (Å²) in [6.45, 7) is 3.75. The number of hydrogen-bond acceptors (Lipinski definition) is 3. The fourth-order valence-corrected chi connectivity index (χ4v) is 2.09. The van der Waals surface area contributed by atoms with E-state index in [0.29, 0.717) is 28.0 Å². The number of nitriles is 1. The number of methoxy groups -OCH3 is 1. The molecule has 1 aromatic carbocycles. The SMILES string of the molecule is COc1cc(C)c(-c2[nH]c(C)nc2C#N)cc1Cl. The number of hydrogen-bond donors (Lipinski definition) is 1. The first-order valence-corrected chi connectivity index (χ1v) is 5.75. The number of ether oxygens (including phenoxy) is 1. The molecule has 2 aromatic rings. The molecule has 0 spiro atoms. The second-order valence-electron chi connectivity index (χ2n) is 3.96. The third kappa shape index (κ3) is 2.05. The van der Waals surface area contributed by atoms with Gasteiger partial charge in [-0.05, 0) is 31.5 Å². The molecule has 0 saturated heterocycles. The molecule has 0 aliphatic heterocycles. The van der Waals surface area contributed by atoms with E-state index in [-0.39, 0.29) is 0 Å². The lowest BCUT2D eigenvalue weighted by atomic mass is 10.0. The summed E-state index contributed by atoms with van der Waals surface area (Å²) in [5, 5.41) is 9.57. The Morgan fingerprint density at radius 2 is 2.11 bits per heavy atom. The highest BCUT2D eigenvalue weighted by molar-refractivity contribution is 6.32. The van der Waals surface area contributed by atoms with Crippen LogP contribution in [0.15, 0.2) is 12.1 Å². The molecule has 0 aliphatic rings. The largest absolute Gasteiger partial charge is 0.495 e. The second-order valence-corrected chi connectivity index (χ2v) is 4.37. The highest BCUT2D eigenvalue weighted by atomic mass is 35.5. The van der Waals surface area contributed by atoms with Crippen molar-refractivity contribution in [3.8, 4) is 23.1 Å². The minimum atomic E-state index is 0.372. The Balaban J connectivity index is 2.65. The third-order valence-corrected chi connectivity index (χ3v) is 2.99.